The number of hydrogen-bond acceptors (Lipinski definition) is 3. The van der Waals surface area contributed by atoms with Gasteiger partial charge < -0.3 is 10.1 Å². The maximum Gasteiger partial charge on any atom is 0.410 e. The molecule has 4 aliphatic rings. The highest BCUT2D eigenvalue weighted by atomic mass is 16.6. The van der Waals surface area contributed by atoms with Gasteiger partial charge in [0.05, 0.1) is 6.04 Å². The van der Waals surface area contributed by atoms with Crippen LogP contribution in [0.25, 0.3) is 0 Å². The third-order valence-corrected chi connectivity index (χ3v) is 6.75. The summed E-state index contributed by atoms with van der Waals surface area (Å²) in [6, 6.07) is 0.278. The minimum atomic E-state index is -0.189. The molecule has 1 atom stereocenters. The zero-order valence-electron chi connectivity index (χ0n) is 13.7. The third-order valence-electron chi connectivity index (χ3n) is 6.75. The first-order valence-corrected chi connectivity index (χ1v) is 9.52. The van der Waals surface area contributed by atoms with Gasteiger partial charge in [-0.25, -0.2) is 4.79 Å². The number of fused-ring (bicyclic) bond motifs is 1. The minimum Gasteiger partial charge on any atom is -0.440 e. The lowest BCUT2D eigenvalue weighted by Gasteiger charge is -2.49. The minimum absolute atomic E-state index is 0.0253. The fraction of sp³-hybridized carbons (Fsp3) is 0.944. The molecule has 1 unspecified atom stereocenters. The topological polar surface area (TPSA) is 41.6 Å². The van der Waals surface area contributed by atoms with Crippen molar-refractivity contribution in [2.75, 3.05) is 19.6 Å². The summed E-state index contributed by atoms with van der Waals surface area (Å²) in [5.41, 5.74) is -0.189. The van der Waals surface area contributed by atoms with Crippen LogP contribution < -0.4 is 5.32 Å². The van der Waals surface area contributed by atoms with Crippen molar-refractivity contribution in [1.29, 1.82) is 0 Å². The molecule has 2 aliphatic heterocycles. The molecular weight excluding hydrogens is 276 g/mol. The lowest BCUT2D eigenvalue weighted by molar-refractivity contribution is -0.0903. The monoisotopic (exact) mass is 306 g/mol. The van der Waals surface area contributed by atoms with Gasteiger partial charge in [0.25, 0.3) is 0 Å². The maximum atomic E-state index is 12.6. The third kappa shape index (κ3) is 2.26. The van der Waals surface area contributed by atoms with Crippen LogP contribution in [0.4, 0.5) is 4.79 Å². The zero-order valence-corrected chi connectivity index (χ0v) is 13.7. The Morgan fingerprint density at radius 1 is 0.955 bits per heavy atom. The standard InChI is InChI=1S/C18H30N2O2/c21-17-20-12-11-19-13-16(20)18(22-17,14-7-3-1-4-8-14)15-9-5-2-6-10-15/h14-16,19H,1-13H2. The van der Waals surface area contributed by atoms with Crippen molar-refractivity contribution in [3.8, 4) is 0 Å². The lowest BCUT2D eigenvalue weighted by atomic mass is 9.63. The molecule has 0 aromatic carbocycles. The molecule has 0 bridgehead atoms. The summed E-state index contributed by atoms with van der Waals surface area (Å²) in [5, 5.41) is 3.54. The smallest absolute Gasteiger partial charge is 0.410 e. The molecule has 0 aromatic heterocycles. The first-order chi connectivity index (χ1) is 10.8. The summed E-state index contributed by atoms with van der Waals surface area (Å²) >= 11 is 0. The van der Waals surface area contributed by atoms with Crippen LogP contribution in [-0.4, -0.2) is 42.3 Å². The normalized spacial score (nSPS) is 33.5. The van der Waals surface area contributed by atoms with Gasteiger partial charge in [0.2, 0.25) is 0 Å². The second kappa shape index (κ2) is 6.03. The summed E-state index contributed by atoms with van der Waals surface area (Å²) in [7, 11) is 0. The Morgan fingerprint density at radius 2 is 1.55 bits per heavy atom. The summed E-state index contributed by atoms with van der Waals surface area (Å²) in [5.74, 6) is 1.17. The van der Waals surface area contributed by atoms with Crippen LogP contribution >= 0.6 is 0 Å². The van der Waals surface area contributed by atoms with Crippen LogP contribution in [0.1, 0.15) is 64.2 Å². The first kappa shape index (κ1) is 14.8. The van der Waals surface area contributed by atoms with Gasteiger partial charge in [-0.1, -0.05) is 38.5 Å². The molecule has 124 valence electrons. The summed E-state index contributed by atoms with van der Waals surface area (Å²) in [6.45, 7) is 2.67. The number of carbonyl (C=O) groups excluding carboxylic acids is 1. The summed E-state index contributed by atoms with van der Waals surface area (Å²) in [6.07, 6.45) is 13.0. The molecule has 0 radical (unpaired) electrons. The number of carbonyl (C=O) groups is 1. The Bertz CT molecular complexity index is 395. The van der Waals surface area contributed by atoms with Gasteiger partial charge in [-0.15, -0.1) is 0 Å². The molecule has 0 aromatic rings. The van der Waals surface area contributed by atoms with E-state index in [1.165, 1.54) is 64.2 Å². The van der Waals surface area contributed by atoms with Gasteiger partial charge in [0, 0.05) is 31.5 Å². The quantitative estimate of drug-likeness (QED) is 0.851. The molecule has 2 heterocycles. The second-order valence-electron chi connectivity index (χ2n) is 7.80. The van der Waals surface area contributed by atoms with Gasteiger partial charge in [-0.2, -0.15) is 0 Å². The van der Waals surface area contributed by atoms with E-state index in [1.807, 2.05) is 0 Å². The van der Waals surface area contributed by atoms with Gasteiger partial charge in [-0.05, 0) is 25.7 Å². The Hall–Kier alpha value is -0.770. The number of ether oxygens (including phenoxy) is 1. The molecule has 2 aliphatic carbocycles. The molecule has 2 saturated heterocycles. The van der Waals surface area contributed by atoms with E-state index in [0.29, 0.717) is 11.8 Å². The van der Waals surface area contributed by atoms with Crippen LogP contribution in [0.15, 0.2) is 0 Å². The highest BCUT2D eigenvalue weighted by molar-refractivity contribution is 5.72. The Labute approximate surface area is 134 Å². The number of nitrogens with one attached hydrogen (secondary N) is 1. The fourth-order valence-electron chi connectivity index (χ4n) is 5.76. The number of cyclic esters (lactones) is 1. The van der Waals surface area contributed by atoms with Crippen molar-refractivity contribution in [2.24, 2.45) is 11.8 Å². The highest BCUT2D eigenvalue weighted by Crippen LogP contribution is 2.51. The lowest BCUT2D eigenvalue weighted by Crippen LogP contribution is -2.62. The molecular formula is C18H30N2O2. The van der Waals surface area contributed by atoms with E-state index in [9.17, 15) is 4.79 Å². The Morgan fingerprint density at radius 3 is 2.14 bits per heavy atom. The van der Waals surface area contributed by atoms with Gasteiger partial charge in [0.1, 0.15) is 5.60 Å². The average molecular weight is 306 g/mol. The fourth-order valence-corrected chi connectivity index (χ4v) is 5.76. The zero-order chi connectivity index (χ0) is 15.0. The molecule has 4 heteroatoms. The van der Waals surface area contributed by atoms with Crippen LogP contribution in [0.5, 0.6) is 0 Å². The van der Waals surface area contributed by atoms with Crippen molar-refractivity contribution >= 4 is 6.09 Å². The van der Waals surface area contributed by atoms with Crippen molar-refractivity contribution in [1.82, 2.24) is 10.2 Å². The SMILES string of the molecule is O=C1OC(C2CCCCC2)(C2CCCCC2)C2CNCCN12. The number of amides is 1. The largest absolute Gasteiger partial charge is 0.440 e. The highest BCUT2D eigenvalue weighted by Gasteiger charge is 2.61. The van der Waals surface area contributed by atoms with Gasteiger partial charge >= 0.3 is 6.09 Å². The number of piperazine rings is 1. The van der Waals surface area contributed by atoms with E-state index in [-0.39, 0.29) is 17.7 Å². The van der Waals surface area contributed by atoms with E-state index < -0.39 is 0 Å². The predicted molar refractivity (Wildman–Crippen MR) is 85.7 cm³/mol. The summed E-state index contributed by atoms with van der Waals surface area (Å²) in [4.78, 5) is 14.6. The van der Waals surface area contributed by atoms with E-state index in [0.717, 1.165) is 19.6 Å². The van der Waals surface area contributed by atoms with Crippen molar-refractivity contribution in [2.45, 2.75) is 75.9 Å². The molecule has 0 spiro atoms. The Balaban J connectivity index is 1.69. The van der Waals surface area contributed by atoms with Crippen molar-refractivity contribution in [3.05, 3.63) is 0 Å². The van der Waals surface area contributed by atoms with Crippen LogP contribution in [0.3, 0.4) is 0 Å². The van der Waals surface area contributed by atoms with E-state index in [1.54, 1.807) is 0 Å². The van der Waals surface area contributed by atoms with Crippen molar-refractivity contribution in [3.63, 3.8) is 0 Å². The van der Waals surface area contributed by atoms with E-state index >= 15 is 0 Å². The first-order valence-electron chi connectivity index (χ1n) is 9.52. The average Bonchev–Trinajstić information content (AvgIpc) is 2.91. The molecule has 4 nitrogen and oxygen atoms in total. The molecule has 1 amide bonds. The van der Waals surface area contributed by atoms with Gasteiger partial charge in [-0.3, -0.25) is 4.90 Å². The molecule has 4 rings (SSSR count). The van der Waals surface area contributed by atoms with Gasteiger partial charge in [0.15, 0.2) is 0 Å². The molecule has 1 N–H and O–H groups in total. The van der Waals surface area contributed by atoms with E-state index in [4.69, 9.17) is 4.74 Å². The number of nitrogens with zero attached hydrogens (tertiary/aromatic N) is 1. The van der Waals surface area contributed by atoms with Crippen LogP contribution in [0, 0.1) is 11.8 Å². The number of hydrogen-bond donors (Lipinski definition) is 1. The maximum absolute atomic E-state index is 12.6. The molecule has 22 heavy (non-hydrogen) atoms. The van der Waals surface area contributed by atoms with E-state index in [2.05, 4.69) is 10.2 Å². The molecule has 4 fully saturated rings. The number of rotatable bonds is 2. The van der Waals surface area contributed by atoms with Crippen LogP contribution in [0.2, 0.25) is 0 Å². The second-order valence-corrected chi connectivity index (χ2v) is 7.80. The molecule has 2 saturated carbocycles. The Kier molecular flexibility index (Phi) is 4.05. The predicted octanol–water partition coefficient (Wildman–Crippen LogP) is 3.31. The van der Waals surface area contributed by atoms with Crippen LogP contribution in [-0.2, 0) is 4.74 Å². The van der Waals surface area contributed by atoms with Crippen molar-refractivity contribution < 1.29 is 9.53 Å². The summed E-state index contributed by atoms with van der Waals surface area (Å²) < 4.78 is 6.32.